The molecular weight excluding hydrogens is 324 g/mol. The summed E-state index contributed by atoms with van der Waals surface area (Å²) in [7, 11) is 0. The number of rotatable bonds is 7. The zero-order valence-electron chi connectivity index (χ0n) is 14.0. The van der Waals surface area contributed by atoms with Crippen molar-refractivity contribution in [1.82, 2.24) is 10.1 Å². The third-order valence-corrected chi connectivity index (χ3v) is 4.71. The molecule has 0 radical (unpaired) electrons. The predicted octanol–water partition coefficient (Wildman–Crippen LogP) is 3.71. The van der Waals surface area contributed by atoms with Crippen molar-refractivity contribution in [3.8, 4) is 6.07 Å². The average Bonchev–Trinajstić information content (AvgIpc) is 2.98. The molecule has 0 bridgehead atoms. The fourth-order valence-corrected chi connectivity index (χ4v) is 3.15. The van der Waals surface area contributed by atoms with Gasteiger partial charge < -0.3 is 9.84 Å². The lowest BCUT2D eigenvalue weighted by Gasteiger charge is -2.14. The Kier molecular flexibility index (Phi) is 6.38. The van der Waals surface area contributed by atoms with Crippen molar-refractivity contribution < 1.29 is 9.32 Å². The maximum Gasteiger partial charge on any atom is 0.239 e. The van der Waals surface area contributed by atoms with Gasteiger partial charge in [0.1, 0.15) is 16.9 Å². The molecule has 6 nitrogen and oxygen atoms in total. The lowest BCUT2D eigenvalue weighted by molar-refractivity contribution is -0.115. The first-order chi connectivity index (χ1) is 11.6. The van der Waals surface area contributed by atoms with Crippen LogP contribution in [0.2, 0.25) is 0 Å². The Hall–Kier alpha value is -2.33. The van der Waals surface area contributed by atoms with E-state index in [1.165, 1.54) is 11.8 Å². The van der Waals surface area contributed by atoms with Gasteiger partial charge in [0.25, 0.3) is 0 Å². The number of aromatic nitrogens is 2. The van der Waals surface area contributed by atoms with Gasteiger partial charge in [0.05, 0.1) is 10.8 Å². The molecule has 0 spiro atoms. The average molecular weight is 344 g/mol. The minimum absolute atomic E-state index is 0.178. The van der Waals surface area contributed by atoms with Crippen LogP contribution in [-0.4, -0.2) is 21.3 Å². The highest BCUT2D eigenvalue weighted by molar-refractivity contribution is 8.00. The number of nitrogens with zero attached hydrogens (tertiary/aromatic N) is 3. The molecule has 1 amide bonds. The summed E-state index contributed by atoms with van der Waals surface area (Å²) in [5.41, 5.74) is 1.42. The van der Waals surface area contributed by atoms with Crippen molar-refractivity contribution in [3.63, 3.8) is 0 Å². The van der Waals surface area contributed by atoms with Crippen molar-refractivity contribution in [2.24, 2.45) is 0 Å². The van der Waals surface area contributed by atoms with Crippen LogP contribution in [0.5, 0.6) is 0 Å². The molecule has 126 valence electrons. The molecule has 1 atom stereocenters. The van der Waals surface area contributed by atoms with Gasteiger partial charge in [-0.3, -0.25) is 4.79 Å². The number of carbonyl (C=O) groups excluding carboxylic acids is 1. The van der Waals surface area contributed by atoms with E-state index >= 15 is 0 Å². The SMILES string of the molecule is CCCc1ccc(C#N)c(SC(CC)C(=O)Nc2cc(C)on2)n1. The van der Waals surface area contributed by atoms with Crippen LogP contribution in [0.1, 0.15) is 43.7 Å². The maximum atomic E-state index is 12.4. The molecule has 0 fully saturated rings. The van der Waals surface area contributed by atoms with Gasteiger partial charge >= 0.3 is 0 Å². The summed E-state index contributed by atoms with van der Waals surface area (Å²) in [4.78, 5) is 17.0. The molecule has 0 saturated heterocycles. The van der Waals surface area contributed by atoms with Gasteiger partial charge in [-0.05, 0) is 31.9 Å². The molecule has 0 aliphatic heterocycles. The lowest BCUT2D eigenvalue weighted by atomic mass is 10.2. The highest BCUT2D eigenvalue weighted by atomic mass is 32.2. The Morgan fingerprint density at radius 1 is 1.46 bits per heavy atom. The first-order valence-corrected chi connectivity index (χ1v) is 8.76. The highest BCUT2D eigenvalue weighted by Crippen LogP contribution is 2.28. The quantitative estimate of drug-likeness (QED) is 0.770. The lowest BCUT2D eigenvalue weighted by Crippen LogP contribution is -2.25. The third kappa shape index (κ3) is 4.59. The number of carbonyl (C=O) groups is 1. The first kappa shape index (κ1) is 18.0. The molecule has 0 aliphatic carbocycles. The number of nitrogens with one attached hydrogen (secondary N) is 1. The van der Waals surface area contributed by atoms with Gasteiger partial charge in [-0.2, -0.15) is 5.26 Å². The van der Waals surface area contributed by atoms with E-state index in [9.17, 15) is 10.1 Å². The summed E-state index contributed by atoms with van der Waals surface area (Å²) in [6.45, 7) is 5.76. The summed E-state index contributed by atoms with van der Waals surface area (Å²) in [5, 5.41) is 16.0. The van der Waals surface area contributed by atoms with Gasteiger partial charge in [0, 0.05) is 11.8 Å². The van der Waals surface area contributed by atoms with Crippen molar-refractivity contribution in [2.45, 2.75) is 50.3 Å². The molecular formula is C17H20N4O2S. The smallest absolute Gasteiger partial charge is 0.239 e. The Morgan fingerprint density at radius 3 is 2.83 bits per heavy atom. The van der Waals surface area contributed by atoms with Crippen molar-refractivity contribution in [2.75, 3.05) is 5.32 Å². The second-order valence-corrected chi connectivity index (χ2v) is 6.54. The minimum atomic E-state index is -0.363. The molecule has 0 saturated carbocycles. The van der Waals surface area contributed by atoms with Crippen LogP contribution in [-0.2, 0) is 11.2 Å². The number of thioether (sulfide) groups is 1. The summed E-state index contributed by atoms with van der Waals surface area (Å²) in [5.74, 6) is 0.846. The van der Waals surface area contributed by atoms with Gasteiger partial charge in [-0.25, -0.2) is 4.98 Å². The van der Waals surface area contributed by atoms with E-state index in [2.05, 4.69) is 28.5 Å². The normalized spacial score (nSPS) is 11.8. The number of nitriles is 1. The van der Waals surface area contributed by atoms with Crippen LogP contribution in [0.3, 0.4) is 0 Å². The minimum Gasteiger partial charge on any atom is -0.360 e. The van der Waals surface area contributed by atoms with Crippen molar-refractivity contribution in [1.29, 1.82) is 5.26 Å². The third-order valence-electron chi connectivity index (χ3n) is 3.34. The van der Waals surface area contributed by atoms with Gasteiger partial charge in [0.15, 0.2) is 5.82 Å². The molecule has 2 aromatic heterocycles. The Morgan fingerprint density at radius 2 is 2.25 bits per heavy atom. The summed E-state index contributed by atoms with van der Waals surface area (Å²) < 4.78 is 4.95. The Balaban J connectivity index is 2.15. The Bertz CT molecular complexity index is 751. The summed E-state index contributed by atoms with van der Waals surface area (Å²) in [6.07, 6.45) is 2.44. The molecule has 2 aromatic rings. The zero-order valence-corrected chi connectivity index (χ0v) is 14.8. The van der Waals surface area contributed by atoms with E-state index in [0.717, 1.165) is 18.5 Å². The maximum absolute atomic E-state index is 12.4. The van der Waals surface area contributed by atoms with Crippen LogP contribution >= 0.6 is 11.8 Å². The second kappa shape index (κ2) is 8.50. The van der Waals surface area contributed by atoms with Crippen molar-refractivity contribution >= 4 is 23.5 Å². The van der Waals surface area contributed by atoms with Crippen molar-refractivity contribution in [3.05, 3.63) is 35.2 Å². The largest absolute Gasteiger partial charge is 0.360 e. The van der Waals surface area contributed by atoms with E-state index in [4.69, 9.17) is 4.52 Å². The van der Waals surface area contributed by atoms with Gasteiger partial charge in [-0.1, -0.05) is 37.2 Å². The van der Waals surface area contributed by atoms with E-state index in [1.54, 1.807) is 19.1 Å². The second-order valence-electron chi connectivity index (χ2n) is 5.34. The topological polar surface area (TPSA) is 91.8 Å². The summed E-state index contributed by atoms with van der Waals surface area (Å²) in [6, 6.07) is 7.44. The van der Waals surface area contributed by atoms with E-state index in [1.807, 2.05) is 13.0 Å². The highest BCUT2D eigenvalue weighted by Gasteiger charge is 2.21. The molecule has 0 aromatic carbocycles. The number of pyridine rings is 1. The first-order valence-electron chi connectivity index (χ1n) is 7.88. The van der Waals surface area contributed by atoms with Crippen LogP contribution < -0.4 is 5.32 Å². The van der Waals surface area contributed by atoms with Gasteiger partial charge in [0.2, 0.25) is 5.91 Å². The summed E-state index contributed by atoms with van der Waals surface area (Å²) >= 11 is 1.31. The molecule has 2 rings (SSSR count). The number of hydrogen-bond acceptors (Lipinski definition) is 6. The molecule has 24 heavy (non-hydrogen) atoms. The molecule has 1 N–H and O–H groups in total. The molecule has 7 heteroatoms. The zero-order chi connectivity index (χ0) is 17.5. The molecule has 1 unspecified atom stereocenters. The van der Waals surface area contributed by atoms with E-state index in [-0.39, 0.29) is 11.2 Å². The standard InChI is InChI=1S/C17H20N4O2S/c1-4-6-13-8-7-12(10-18)17(19-13)24-14(5-2)16(22)20-15-9-11(3)23-21-15/h7-9,14H,4-6H2,1-3H3,(H,20,21,22). The van der Waals surface area contributed by atoms with Crippen LogP contribution in [0.25, 0.3) is 0 Å². The predicted molar refractivity (Wildman–Crippen MR) is 92.8 cm³/mol. The number of hydrogen-bond donors (Lipinski definition) is 1. The van der Waals surface area contributed by atoms with Gasteiger partial charge in [-0.15, -0.1) is 0 Å². The number of aryl methyl sites for hydroxylation is 2. The van der Waals surface area contributed by atoms with Crippen LogP contribution in [0.4, 0.5) is 5.82 Å². The van der Waals surface area contributed by atoms with Crippen LogP contribution in [0.15, 0.2) is 27.7 Å². The number of anilines is 1. The number of amides is 1. The fraction of sp³-hybridized carbons (Fsp3) is 0.412. The Labute approximate surface area is 145 Å². The van der Waals surface area contributed by atoms with E-state index in [0.29, 0.717) is 28.6 Å². The monoisotopic (exact) mass is 344 g/mol. The molecule has 2 heterocycles. The fourth-order valence-electron chi connectivity index (χ4n) is 2.14. The molecule has 0 aliphatic rings. The van der Waals surface area contributed by atoms with Crippen LogP contribution in [0, 0.1) is 18.3 Å². The van der Waals surface area contributed by atoms with E-state index < -0.39 is 0 Å².